The lowest BCUT2D eigenvalue weighted by Crippen LogP contribution is -2.18. The van der Waals surface area contributed by atoms with Crippen LogP contribution in [0.1, 0.15) is 5.56 Å². The molecule has 0 bridgehead atoms. The molecule has 0 aliphatic rings. The van der Waals surface area contributed by atoms with Gasteiger partial charge in [-0.3, -0.25) is 0 Å². The number of anilines is 2. The van der Waals surface area contributed by atoms with Crippen molar-refractivity contribution in [2.45, 2.75) is 6.54 Å². The molecular formula is C14H13Br2FN2. The highest BCUT2D eigenvalue weighted by Gasteiger charge is 2.09. The summed E-state index contributed by atoms with van der Waals surface area (Å²) < 4.78 is 15.5. The largest absolute Gasteiger partial charge is 0.397 e. The van der Waals surface area contributed by atoms with E-state index in [-0.39, 0.29) is 5.82 Å². The first-order valence-corrected chi connectivity index (χ1v) is 7.26. The Hall–Kier alpha value is -1.07. The second kappa shape index (κ2) is 5.92. The summed E-state index contributed by atoms with van der Waals surface area (Å²) in [7, 11) is 1.89. The summed E-state index contributed by atoms with van der Waals surface area (Å²) in [5.74, 6) is -0.225. The van der Waals surface area contributed by atoms with E-state index in [4.69, 9.17) is 5.73 Å². The Morgan fingerprint density at radius 3 is 2.37 bits per heavy atom. The van der Waals surface area contributed by atoms with Gasteiger partial charge in [0.15, 0.2) is 0 Å². The Labute approximate surface area is 128 Å². The lowest BCUT2D eigenvalue weighted by Gasteiger charge is -2.21. The zero-order valence-corrected chi connectivity index (χ0v) is 13.5. The summed E-state index contributed by atoms with van der Waals surface area (Å²) in [6.07, 6.45) is 0. The van der Waals surface area contributed by atoms with Crippen molar-refractivity contribution in [2.24, 2.45) is 0 Å². The minimum atomic E-state index is -0.225. The molecule has 0 heterocycles. The van der Waals surface area contributed by atoms with Gasteiger partial charge in [-0.25, -0.2) is 4.39 Å². The third-order valence-corrected chi connectivity index (χ3v) is 3.81. The van der Waals surface area contributed by atoms with Gasteiger partial charge >= 0.3 is 0 Å². The van der Waals surface area contributed by atoms with Gasteiger partial charge in [-0.05, 0) is 30.3 Å². The molecule has 2 nitrogen and oxygen atoms in total. The summed E-state index contributed by atoms with van der Waals surface area (Å²) in [4.78, 5) is 1.92. The molecular weight excluding hydrogens is 375 g/mol. The lowest BCUT2D eigenvalue weighted by molar-refractivity contribution is 0.607. The highest BCUT2D eigenvalue weighted by Crippen LogP contribution is 2.27. The van der Waals surface area contributed by atoms with Gasteiger partial charge in [-0.2, -0.15) is 0 Å². The third-order valence-electron chi connectivity index (χ3n) is 2.82. The van der Waals surface area contributed by atoms with Gasteiger partial charge in [0.25, 0.3) is 0 Å². The first-order chi connectivity index (χ1) is 8.97. The molecule has 0 spiro atoms. The van der Waals surface area contributed by atoms with Crippen molar-refractivity contribution in [1.29, 1.82) is 0 Å². The van der Waals surface area contributed by atoms with Gasteiger partial charge < -0.3 is 10.6 Å². The average Bonchev–Trinajstić information content (AvgIpc) is 2.32. The van der Waals surface area contributed by atoms with Crippen LogP contribution in [0.2, 0.25) is 0 Å². The van der Waals surface area contributed by atoms with Crippen LogP contribution in [0.3, 0.4) is 0 Å². The number of nitrogens with two attached hydrogens (primary N) is 1. The van der Waals surface area contributed by atoms with Crippen LogP contribution in [0, 0.1) is 5.82 Å². The number of nitrogen functional groups attached to an aromatic ring is 1. The molecule has 19 heavy (non-hydrogen) atoms. The minimum Gasteiger partial charge on any atom is -0.397 e. The molecule has 0 atom stereocenters. The molecule has 0 fully saturated rings. The SMILES string of the molecule is CN(Cc1ccc(Br)cc1F)c1ccc(Br)cc1N. The monoisotopic (exact) mass is 386 g/mol. The third kappa shape index (κ3) is 3.48. The maximum absolute atomic E-state index is 13.8. The molecule has 2 rings (SSSR count). The van der Waals surface area contributed by atoms with Crippen molar-refractivity contribution in [2.75, 3.05) is 17.7 Å². The van der Waals surface area contributed by atoms with Crippen LogP contribution in [-0.4, -0.2) is 7.05 Å². The standard InChI is InChI=1S/C14H13Br2FN2/c1-19(14-5-4-11(16)7-13(14)18)8-9-2-3-10(15)6-12(9)17/h2-7H,8,18H2,1H3. The Morgan fingerprint density at radius 2 is 1.74 bits per heavy atom. The summed E-state index contributed by atoms with van der Waals surface area (Å²) in [6, 6.07) is 10.7. The van der Waals surface area contributed by atoms with Gasteiger partial charge in [-0.15, -0.1) is 0 Å². The first-order valence-electron chi connectivity index (χ1n) is 5.67. The number of rotatable bonds is 3. The van der Waals surface area contributed by atoms with E-state index in [1.807, 2.05) is 36.2 Å². The fraction of sp³-hybridized carbons (Fsp3) is 0.143. The van der Waals surface area contributed by atoms with Crippen molar-refractivity contribution in [3.05, 3.63) is 56.7 Å². The van der Waals surface area contributed by atoms with Crippen LogP contribution in [-0.2, 0) is 6.54 Å². The molecule has 5 heteroatoms. The Kier molecular flexibility index (Phi) is 4.47. The van der Waals surface area contributed by atoms with Crippen LogP contribution in [0.4, 0.5) is 15.8 Å². The van der Waals surface area contributed by atoms with E-state index in [0.29, 0.717) is 17.8 Å². The van der Waals surface area contributed by atoms with Gasteiger partial charge in [0.1, 0.15) is 5.82 Å². The number of benzene rings is 2. The van der Waals surface area contributed by atoms with Crippen LogP contribution in [0.15, 0.2) is 45.3 Å². The Bertz CT molecular complexity index is 602. The summed E-state index contributed by atoms with van der Waals surface area (Å²) in [5.41, 5.74) is 8.14. The highest BCUT2D eigenvalue weighted by atomic mass is 79.9. The van der Waals surface area contributed by atoms with Crippen molar-refractivity contribution in [3.8, 4) is 0 Å². The minimum absolute atomic E-state index is 0.225. The summed E-state index contributed by atoms with van der Waals surface area (Å²) in [6.45, 7) is 0.463. The van der Waals surface area contributed by atoms with Crippen molar-refractivity contribution < 1.29 is 4.39 Å². The second-order valence-corrected chi connectivity index (χ2v) is 6.13. The topological polar surface area (TPSA) is 29.3 Å². The van der Waals surface area contributed by atoms with E-state index >= 15 is 0 Å². The predicted octanol–water partition coefficient (Wildman–Crippen LogP) is 4.57. The number of nitrogens with zero attached hydrogens (tertiary/aromatic N) is 1. The lowest BCUT2D eigenvalue weighted by atomic mass is 10.2. The zero-order chi connectivity index (χ0) is 14.0. The first kappa shape index (κ1) is 14.3. The quantitative estimate of drug-likeness (QED) is 0.781. The molecule has 0 saturated heterocycles. The van der Waals surface area contributed by atoms with Crippen LogP contribution < -0.4 is 10.6 Å². The molecule has 0 aromatic heterocycles. The van der Waals surface area contributed by atoms with Crippen molar-refractivity contribution in [3.63, 3.8) is 0 Å². The van der Waals surface area contributed by atoms with Crippen LogP contribution >= 0.6 is 31.9 Å². The number of hydrogen-bond acceptors (Lipinski definition) is 2. The zero-order valence-electron chi connectivity index (χ0n) is 10.3. The Balaban J connectivity index is 2.23. The molecule has 2 aromatic rings. The second-order valence-electron chi connectivity index (χ2n) is 4.29. The molecule has 2 N–H and O–H groups in total. The molecule has 0 aliphatic carbocycles. The summed E-state index contributed by atoms with van der Waals surface area (Å²) in [5, 5.41) is 0. The Morgan fingerprint density at radius 1 is 1.11 bits per heavy atom. The smallest absolute Gasteiger partial charge is 0.129 e. The molecule has 0 aliphatic heterocycles. The molecule has 2 aromatic carbocycles. The van der Waals surface area contributed by atoms with Gasteiger partial charge in [0.05, 0.1) is 11.4 Å². The predicted molar refractivity (Wildman–Crippen MR) is 84.8 cm³/mol. The van der Waals surface area contributed by atoms with Gasteiger partial charge in [-0.1, -0.05) is 37.9 Å². The van der Waals surface area contributed by atoms with E-state index in [9.17, 15) is 4.39 Å². The van der Waals surface area contributed by atoms with E-state index in [2.05, 4.69) is 31.9 Å². The maximum atomic E-state index is 13.8. The highest BCUT2D eigenvalue weighted by molar-refractivity contribution is 9.10. The number of hydrogen-bond donors (Lipinski definition) is 1. The molecule has 0 radical (unpaired) electrons. The van der Waals surface area contributed by atoms with E-state index in [1.165, 1.54) is 6.07 Å². The van der Waals surface area contributed by atoms with Crippen LogP contribution in [0.25, 0.3) is 0 Å². The van der Waals surface area contributed by atoms with E-state index in [1.54, 1.807) is 6.07 Å². The van der Waals surface area contributed by atoms with Crippen LogP contribution in [0.5, 0.6) is 0 Å². The molecule has 100 valence electrons. The molecule has 0 amide bonds. The molecule has 0 saturated carbocycles. The number of halogens is 3. The fourth-order valence-electron chi connectivity index (χ4n) is 1.86. The normalized spacial score (nSPS) is 10.5. The molecule has 0 unspecified atom stereocenters. The van der Waals surface area contributed by atoms with Gasteiger partial charge in [0.2, 0.25) is 0 Å². The average molecular weight is 388 g/mol. The van der Waals surface area contributed by atoms with E-state index < -0.39 is 0 Å². The van der Waals surface area contributed by atoms with Crippen molar-refractivity contribution >= 4 is 43.2 Å². The maximum Gasteiger partial charge on any atom is 0.129 e. The fourth-order valence-corrected chi connectivity index (χ4v) is 2.58. The van der Waals surface area contributed by atoms with Gasteiger partial charge in [0, 0.05) is 28.1 Å². The van der Waals surface area contributed by atoms with E-state index in [0.717, 1.165) is 14.6 Å². The summed E-state index contributed by atoms with van der Waals surface area (Å²) >= 11 is 6.62. The van der Waals surface area contributed by atoms with Crippen molar-refractivity contribution in [1.82, 2.24) is 0 Å².